The normalized spacial score (nSPS) is 11.9. The van der Waals surface area contributed by atoms with Crippen molar-refractivity contribution in [3.8, 4) is 0 Å². The Morgan fingerprint density at radius 1 is 1.42 bits per heavy atom. The molecular weight excluding hydrogens is 254 g/mol. The van der Waals surface area contributed by atoms with Gasteiger partial charge in [0.1, 0.15) is 6.04 Å². The number of aryl methyl sites for hydroxylation is 2. The molecule has 0 saturated heterocycles. The molecular formula is C11H15N3O5. The van der Waals surface area contributed by atoms with E-state index in [9.17, 15) is 14.4 Å². The molecule has 1 atom stereocenters. The van der Waals surface area contributed by atoms with Crippen molar-refractivity contribution in [1.82, 2.24) is 15.1 Å². The van der Waals surface area contributed by atoms with Crippen LogP contribution in [0.5, 0.6) is 0 Å². The van der Waals surface area contributed by atoms with E-state index >= 15 is 0 Å². The molecule has 0 aromatic carbocycles. The first-order valence-corrected chi connectivity index (χ1v) is 5.63. The van der Waals surface area contributed by atoms with E-state index in [2.05, 4.69) is 10.4 Å². The van der Waals surface area contributed by atoms with E-state index in [1.165, 1.54) is 10.9 Å². The molecule has 104 valence electrons. The molecule has 3 N–H and O–H groups in total. The van der Waals surface area contributed by atoms with Crippen LogP contribution in [0.2, 0.25) is 0 Å². The number of hydrogen-bond donors (Lipinski definition) is 3. The monoisotopic (exact) mass is 269 g/mol. The third kappa shape index (κ3) is 3.80. The van der Waals surface area contributed by atoms with Gasteiger partial charge in [0.2, 0.25) is 0 Å². The zero-order chi connectivity index (χ0) is 14.6. The lowest BCUT2D eigenvalue weighted by atomic mass is 10.1. The average molecular weight is 269 g/mol. The van der Waals surface area contributed by atoms with Crippen LogP contribution in [0.1, 0.15) is 29.4 Å². The second kappa shape index (κ2) is 5.98. The molecule has 0 radical (unpaired) electrons. The Kier molecular flexibility index (Phi) is 4.62. The summed E-state index contributed by atoms with van der Waals surface area (Å²) in [5.41, 5.74) is 0.779. The van der Waals surface area contributed by atoms with E-state index in [1.807, 2.05) is 6.92 Å². The molecule has 0 aliphatic rings. The zero-order valence-corrected chi connectivity index (χ0v) is 10.6. The van der Waals surface area contributed by atoms with Gasteiger partial charge in [-0.3, -0.25) is 14.3 Å². The molecule has 19 heavy (non-hydrogen) atoms. The fourth-order valence-electron chi connectivity index (χ4n) is 1.60. The second-order valence-electron chi connectivity index (χ2n) is 3.98. The predicted molar refractivity (Wildman–Crippen MR) is 63.7 cm³/mol. The Balaban J connectivity index is 2.87. The molecule has 1 amide bonds. The number of nitrogens with one attached hydrogen (secondary N) is 1. The van der Waals surface area contributed by atoms with E-state index in [4.69, 9.17) is 10.2 Å². The Labute approximate surface area is 109 Å². The third-order valence-electron chi connectivity index (χ3n) is 2.47. The minimum atomic E-state index is -1.46. The van der Waals surface area contributed by atoms with E-state index in [0.29, 0.717) is 12.1 Å². The number of aromatic nitrogens is 2. The predicted octanol–water partition coefficient (Wildman–Crippen LogP) is -0.360. The van der Waals surface area contributed by atoms with Crippen LogP contribution in [-0.4, -0.2) is 43.9 Å². The average Bonchev–Trinajstić information content (AvgIpc) is 2.68. The smallest absolute Gasteiger partial charge is 0.326 e. The van der Waals surface area contributed by atoms with Crippen LogP contribution in [-0.2, 0) is 23.1 Å². The standard InChI is InChI=1S/C11H15N3O5/c1-3-7-6(5-14(2)13-7)10(17)12-8(11(18)19)4-9(15)16/h5,8H,3-4H2,1-2H3,(H,12,17)(H,15,16)(H,18,19)/t8-/m1/s1. The van der Waals surface area contributed by atoms with Crippen LogP contribution >= 0.6 is 0 Å². The lowest BCUT2D eigenvalue weighted by Crippen LogP contribution is -2.42. The number of hydrogen-bond acceptors (Lipinski definition) is 4. The molecule has 0 saturated carbocycles. The Morgan fingerprint density at radius 2 is 2.05 bits per heavy atom. The molecule has 1 aromatic heterocycles. The van der Waals surface area contributed by atoms with Crippen molar-refractivity contribution < 1.29 is 24.6 Å². The van der Waals surface area contributed by atoms with Gasteiger partial charge in [-0.25, -0.2) is 4.79 Å². The second-order valence-corrected chi connectivity index (χ2v) is 3.98. The van der Waals surface area contributed by atoms with Gasteiger partial charge in [0.05, 0.1) is 17.7 Å². The van der Waals surface area contributed by atoms with Crippen molar-refractivity contribution in [2.45, 2.75) is 25.8 Å². The van der Waals surface area contributed by atoms with Crippen molar-refractivity contribution in [2.75, 3.05) is 0 Å². The van der Waals surface area contributed by atoms with Gasteiger partial charge >= 0.3 is 11.9 Å². The number of aliphatic carboxylic acids is 2. The summed E-state index contributed by atoms with van der Waals surface area (Å²) in [4.78, 5) is 33.3. The number of rotatable bonds is 6. The van der Waals surface area contributed by atoms with Crippen molar-refractivity contribution in [3.63, 3.8) is 0 Å². The lowest BCUT2D eigenvalue weighted by molar-refractivity contribution is -0.145. The molecule has 0 aliphatic heterocycles. The summed E-state index contributed by atoms with van der Waals surface area (Å²) < 4.78 is 1.45. The van der Waals surface area contributed by atoms with Crippen LogP contribution in [0, 0.1) is 0 Å². The van der Waals surface area contributed by atoms with E-state index in [0.717, 1.165) is 0 Å². The molecule has 1 heterocycles. The quantitative estimate of drug-likeness (QED) is 0.648. The molecule has 8 heteroatoms. The number of carbonyl (C=O) groups excluding carboxylic acids is 1. The summed E-state index contributed by atoms with van der Waals surface area (Å²) in [6, 6.07) is -1.46. The van der Waals surface area contributed by atoms with Crippen molar-refractivity contribution in [1.29, 1.82) is 0 Å². The maximum atomic E-state index is 11.9. The topological polar surface area (TPSA) is 122 Å². The van der Waals surface area contributed by atoms with E-state index in [1.54, 1.807) is 7.05 Å². The number of carbonyl (C=O) groups is 3. The number of carboxylic acid groups (broad SMARTS) is 2. The fourth-order valence-corrected chi connectivity index (χ4v) is 1.60. The zero-order valence-electron chi connectivity index (χ0n) is 10.6. The van der Waals surface area contributed by atoms with E-state index in [-0.39, 0.29) is 5.56 Å². The van der Waals surface area contributed by atoms with Gasteiger partial charge in [-0.1, -0.05) is 6.92 Å². The van der Waals surface area contributed by atoms with Crippen LogP contribution in [0.4, 0.5) is 0 Å². The first-order chi connectivity index (χ1) is 8.85. The Morgan fingerprint density at radius 3 is 2.53 bits per heavy atom. The summed E-state index contributed by atoms with van der Waals surface area (Å²) in [6.07, 6.45) is 1.30. The van der Waals surface area contributed by atoms with Gasteiger partial charge in [0.15, 0.2) is 0 Å². The molecule has 1 rings (SSSR count). The summed E-state index contributed by atoms with van der Waals surface area (Å²) >= 11 is 0. The van der Waals surface area contributed by atoms with Gasteiger partial charge in [0.25, 0.3) is 5.91 Å². The fraction of sp³-hybridized carbons (Fsp3) is 0.455. The Hall–Kier alpha value is -2.38. The molecule has 0 unspecified atom stereocenters. The van der Waals surface area contributed by atoms with Crippen LogP contribution < -0.4 is 5.32 Å². The third-order valence-corrected chi connectivity index (χ3v) is 2.47. The van der Waals surface area contributed by atoms with Gasteiger partial charge in [-0.05, 0) is 6.42 Å². The summed E-state index contributed by atoms with van der Waals surface area (Å²) in [6.45, 7) is 1.81. The summed E-state index contributed by atoms with van der Waals surface area (Å²) in [7, 11) is 1.64. The lowest BCUT2D eigenvalue weighted by Gasteiger charge is -2.11. The minimum absolute atomic E-state index is 0.252. The van der Waals surface area contributed by atoms with Crippen molar-refractivity contribution in [3.05, 3.63) is 17.5 Å². The highest BCUT2D eigenvalue weighted by atomic mass is 16.4. The van der Waals surface area contributed by atoms with Gasteiger partial charge < -0.3 is 15.5 Å². The molecule has 0 spiro atoms. The van der Waals surface area contributed by atoms with Crippen molar-refractivity contribution in [2.24, 2.45) is 7.05 Å². The summed E-state index contributed by atoms with van der Waals surface area (Å²) in [5, 5.41) is 23.7. The number of carboxylic acids is 2. The highest BCUT2D eigenvalue weighted by Crippen LogP contribution is 2.08. The van der Waals surface area contributed by atoms with Crippen LogP contribution in [0.3, 0.4) is 0 Å². The Bertz CT molecular complexity index is 508. The first kappa shape index (κ1) is 14.7. The molecule has 0 aliphatic carbocycles. The first-order valence-electron chi connectivity index (χ1n) is 5.63. The maximum absolute atomic E-state index is 11.9. The SMILES string of the molecule is CCc1nn(C)cc1C(=O)N[C@H](CC(=O)O)C(=O)O. The highest BCUT2D eigenvalue weighted by Gasteiger charge is 2.25. The molecule has 1 aromatic rings. The van der Waals surface area contributed by atoms with Gasteiger partial charge in [-0.2, -0.15) is 5.10 Å². The number of amides is 1. The number of nitrogens with zero attached hydrogens (tertiary/aromatic N) is 2. The van der Waals surface area contributed by atoms with Crippen molar-refractivity contribution >= 4 is 17.8 Å². The summed E-state index contributed by atoms with van der Waals surface area (Å²) in [5.74, 6) is -3.33. The van der Waals surface area contributed by atoms with E-state index < -0.39 is 30.3 Å². The van der Waals surface area contributed by atoms with Gasteiger partial charge in [0, 0.05) is 13.2 Å². The molecule has 0 bridgehead atoms. The minimum Gasteiger partial charge on any atom is -0.481 e. The van der Waals surface area contributed by atoms with Crippen LogP contribution in [0.25, 0.3) is 0 Å². The molecule has 0 fully saturated rings. The highest BCUT2D eigenvalue weighted by molar-refractivity contribution is 5.98. The van der Waals surface area contributed by atoms with Crippen LogP contribution in [0.15, 0.2) is 6.20 Å². The largest absolute Gasteiger partial charge is 0.481 e. The van der Waals surface area contributed by atoms with Gasteiger partial charge in [-0.15, -0.1) is 0 Å². The maximum Gasteiger partial charge on any atom is 0.326 e. The molecule has 8 nitrogen and oxygen atoms in total.